The van der Waals surface area contributed by atoms with Gasteiger partial charge in [-0.3, -0.25) is 14.3 Å². The standard InChI is InChI=1S/C30H48N4O7SSi2/c1-19-17-34(27(36)32-25(19)35)26-24(41-44(10,11)29(5,6)7)30(21(40-26)18-39-43(8,9)28(2,3)4)23(31)22(42(37,38)33-30)20-15-13-12-14-16-20/h12-17,21,24,26,33H,18,31H2,1-11H3,(H,32,35,36)/t21-,24+,26-,30+/m1/s1. The van der Waals surface area contributed by atoms with Crippen molar-refractivity contribution in [3.05, 3.63) is 74.2 Å². The maximum absolute atomic E-state index is 14.1. The van der Waals surface area contributed by atoms with Crippen LogP contribution in [0.1, 0.15) is 58.9 Å². The molecular weight excluding hydrogens is 617 g/mol. The van der Waals surface area contributed by atoms with E-state index in [9.17, 15) is 18.0 Å². The van der Waals surface area contributed by atoms with Crippen molar-refractivity contribution >= 4 is 31.6 Å². The Balaban J connectivity index is 2.03. The summed E-state index contributed by atoms with van der Waals surface area (Å²) in [6.45, 7) is 22.4. The van der Waals surface area contributed by atoms with Gasteiger partial charge in [0.2, 0.25) is 10.0 Å². The van der Waals surface area contributed by atoms with Gasteiger partial charge in [0.05, 0.1) is 12.3 Å². The second kappa shape index (κ2) is 11.2. The van der Waals surface area contributed by atoms with Crippen LogP contribution >= 0.6 is 0 Å². The van der Waals surface area contributed by atoms with E-state index in [0.717, 1.165) is 0 Å². The maximum atomic E-state index is 14.1. The predicted octanol–water partition coefficient (Wildman–Crippen LogP) is 4.15. The quantitative estimate of drug-likeness (QED) is 0.373. The van der Waals surface area contributed by atoms with Crippen molar-refractivity contribution < 1.29 is 22.0 Å². The van der Waals surface area contributed by atoms with E-state index in [2.05, 4.69) is 64.3 Å². The van der Waals surface area contributed by atoms with E-state index < -0.39 is 61.9 Å². The number of ether oxygens (including phenoxy) is 1. The fourth-order valence-electron chi connectivity index (χ4n) is 5.07. The van der Waals surface area contributed by atoms with Crippen LogP contribution < -0.4 is 21.7 Å². The van der Waals surface area contributed by atoms with E-state index in [1.165, 1.54) is 10.8 Å². The van der Waals surface area contributed by atoms with Crippen molar-refractivity contribution in [2.45, 2.75) is 109 Å². The lowest BCUT2D eigenvalue weighted by Crippen LogP contribution is -2.64. The summed E-state index contributed by atoms with van der Waals surface area (Å²) in [5.41, 5.74) is 4.88. The highest BCUT2D eigenvalue weighted by molar-refractivity contribution is 7.99. The summed E-state index contributed by atoms with van der Waals surface area (Å²) in [5.74, 6) is 0. The van der Waals surface area contributed by atoms with Gasteiger partial charge in [-0.15, -0.1) is 0 Å². The zero-order chi connectivity index (χ0) is 33.3. The second-order valence-electron chi connectivity index (χ2n) is 14.9. The predicted molar refractivity (Wildman–Crippen MR) is 178 cm³/mol. The largest absolute Gasteiger partial charge is 0.414 e. The number of aromatic nitrogens is 2. The van der Waals surface area contributed by atoms with Crippen LogP contribution in [0.15, 0.2) is 51.8 Å². The molecule has 11 nitrogen and oxygen atoms in total. The number of nitrogens with two attached hydrogens (primary N) is 1. The van der Waals surface area contributed by atoms with E-state index in [4.69, 9.17) is 19.3 Å². The van der Waals surface area contributed by atoms with Crippen LogP contribution in [0.4, 0.5) is 0 Å². The molecule has 0 bridgehead atoms. The molecule has 0 unspecified atom stereocenters. The molecule has 1 saturated heterocycles. The monoisotopic (exact) mass is 664 g/mol. The molecule has 4 N–H and O–H groups in total. The molecule has 0 saturated carbocycles. The third-order valence-electron chi connectivity index (χ3n) is 9.87. The van der Waals surface area contributed by atoms with Crippen LogP contribution in [-0.4, -0.2) is 59.0 Å². The van der Waals surface area contributed by atoms with E-state index in [0.29, 0.717) is 5.56 Å². The third-order valence-corrected chi connectivity index (χ3v) is 20.4. The molecule has 0 amide bonds. The molecule has 2 aliphatic heterocycles. The number of benzene rings is 1. The van der Waals surface area contributed by atoms with E-state index >= 15 is 0 Å². The third kappa shape index (κ3) is 5.85. The number of rotatable bonds is 7. The fraction of sp³-hybridized carbons (Fsp3) is 0.600. The summed E-state index contributed by atoms with van der Waals surface area (Å²) >= 11 is 0. The first-order valence-electron chi connectivity index (χ1n) is 14.9. The highest BCUT2D eigenvalue weighted by Crippen LogP contribution is 2.52. The van der Waals surface area contributed by atoms with Crippen LogP contribution in [0.25, 0.3) is 4.91 Å². The van der Waals surface area contributed by atoms with E-state index in [1.807, 2.05) is 13.1 Å². The normalized spacial score (nSPS) is 26.1. The number of hydrogen-bond donors (Lipinski definition) is 3. The average molecular weight is 665 g/mol. The molecule has 44 heavy (non-hydrogen) atoms. The first-order chi connectivity index (χ1) is 20.0. The minimum Gasteiger partial charge on any atom is -0.414 e. The fourth-order valence-corrected chi connectivity index (χ4v) is 9.17. The molecule has 4 atom stereocenters. The number of sulfonamides is 1. The Morgan fingerprint density at radius 2 is 1.57 bits per heavy atom. The Bertz CT molecular complexity index is 1670. The van der Waals surface area contributed by atoms with Crippen molar-refractivity contribution in [3.8, 4) is 0 Å². The minimum absolute atomic E-state index is 0.00721. The Kier molecular flexibility index (Phi) is 8.77. The van der Waals surface area contributed by atoms with Gasteiger partial charge in [0, 0.05) is 11.8 Å². The Morgan fingerprint density at radius 1 is 1.00 bits per heavy atom. The lowest BCUT2D eigenvalue weighted by molar-refractivity contribution is -0.0497. The highest BCUT2D eigenvalue weighted by Gasteiger charge is 2.67. The summed E-state index contributed by atoms with van der Waals surface area (Å²) < 4.78 is 52.6. The van der Waals surface area contributed by atoms with Crippen molar-refractivity contribution in [1.82, 2.24) is 14.3 Å². The van der Waals surface area contributed by atoms with Gasteiger partial charge in [-0.2, -0.15) is 4.72 Å². The lowest BCUT2D eigenvalue weighted by atomic mass is 9.85. The molecule has 1 spiro atoms. The molecular formula is C30H48N4O7SSi2. The molecule has 3 heterocycles. The Morgan fingerprint density at radius 3 is 2.11 bits per heavy atom. The molecule has 1 aromatic heterocycles. The molecule has 1 aromatic carbocycles. The van der Waals surface area contributed by atoms with Gasteiger partial charge < -0.3 is 19.3 Å². The summed E-state index contributed by atoms with van der Waals surface area (Å²) in [6.07, 6.45) is -1.79. The van der Waals surface area contributed by atoms with Crippen molar-refractivity contribution in [2.24, 2.45) is 5.73 Å². The topological polar surface area (TPSA) is 155 Å². The van der Waals surface area contributed by atoms with Gasteiger partial charge in [-0.25, -0.2) is 13.2 Å². The molecule has 4 rings (SSSR count). The zero-order valence-electron chi connectivity index (χ0n) is 27.7. The number of aromatic amines is 1. The summed E-state index contributed by atoms with van der Waals surface area (Å²) in [4.78, 5) is 27.9. The minimum atomic E-state index is -4.18. The molecule has 0 aliphatic carbocycles. The Labute approximate surface area is 262 Å². The van der Waals surface area contributed by atoms with Crippen molar-refractivity contribution in [1.29, 1.82) is 0 Å². The number of hydrogen-bond acceptors (Lipinski definition) is 8. The van der Waals surface area contributed by atoms with Crippen LogP contribution in [0.2, 0.25) is 36.3 Å². The lowest BCUT2D eigenvalue weighted by Gasteiger charge is -2.44. The number of nitrogens with zero attached hydrogens (tertiary/aromatic N) is 1. The molecule has 0 radical (unpaired) electrons. The van der Waals surface area contributed by atoms with Gasteiger partial charge in [0.15, 0.2) is 22.9 Å². The summed E-state index contributed by atoms with van der Waals surface area (Å²) in [7, 11) is -9.24. The molecule has 244 valence electrons. The van der Waals surface area contributed by atoms with Gasteiger partial charge >= 0.3 is 5.69 Å². The van der Waals surface area contributed by atoms with Gasteiger partial charge in [0.25, 0.3) is 5.56 Å². The maximum Gasteiger partial charge on any atom is 0.330 e. The van der Waals surface area contributed by atoms with Crippen molar-refractivity contribution in [3.63, 3.8) is 0 Å². The molecule has 14 heteroatoms. The first kappa shape index (κ1) is 34.5. The molecule has 1 fully saturated rings. The molecule has 2 aromatic rings. The van der Waals surface area contributed by atoms with Crippen LogP contribution in [0, 0.1) is 6.92 Å². The smallest absolute Gasteiger partial charge is 0.330 e. The van der Waals surface area contributed by atoms with Crippen molar-refractivity contribution in [2.75, 3.05) is 6.61 Å². The average Bonchev–Trinajstić information content (AvgIpc) is 3.28. The van der Waals surface area contributed by atoms with Gasteiger partial charge in [-0.05, 0) is 48.8 Å². The van der Waals surface area contributed by atoms with Gasteiger partial charge in [-0.1, -0.05) is 71.9 Å². The Hall–Kier alpha value is -2.34. The zero-order valence-corrected chi connectivity index (χ0v) is 30.5. The van der Waals surface area contributed by atoms with Gasteiger partial charge in [0.1, 0.15) is 22.7 Å². The van der Waals surface area contributed by atoms with E-state index in [-0.39, 0.29) is 32.8 Å². The van der Waals surface area contributed by atoms with E-state index in [1.54, 1.807) is 37.3 Å². The van der Waals surface area contributed by atoms with Crippen LogP contribution in [0.5, 0.6) is 0 Å². The first-order valence-corrected chi connectivity index (χ1v) is 22.2. The molecule has 2 aliphatic rings. The number of aryl methyl sites for hydroxylation is 1. The van der Waals surface area contributed by atoms with Crippen LogP contribution in [0.3, 0.4) is 0 Å². The summed E-state index contributed by atoms with van der Waals surface area (Å²) in [5, 5.41) is -0.438. The number of H-pyrrole nitrogens is 1. The SMILES string of the molecule is Cc1cn([C@@H]2O[C@H](CO[Si](C)(C)C(C)(C)C)[C@@]3(NS(=O)(=O)C(c4ccccc4)=C3N)[C@H]2O[Si](C)(C)C(C)(C)C)c(=O)[nH]c1=O. The number of nitrogens with one attached hydrogen (secondary N) is 2. The highest BCUT2D eigenvalue weighted by atomic mass is 32.2. The summed E-state index contributed by atoms with van der Waals surface area (Å²) in [6, 6.07) is 8.66. The van der Waals surface area contributed by atoms with Crippen LogP contribution in [-0.2, 0) is 23.6 Å². The second-order valence-corrected chi connectivity index (χ2v) is 26.1.